The molecule has 21 heavy (non-hydrogen) atoms. The average Bonchev–Trinajstić information content (AvgIpc) is 2.48. The molecular weight excluding hydrogens is 336 g/mol. The third-order valence-corrected chi connectivity index (χ3v) is 3.27. The predicted octanol–water partition coefficient (Wildman–Crippen LogP) is 3.19. The van der Waals surface area contributed by atoms with Gasteiger partial charge in [0.05, 0.1) is 11.3 Å². The molecule has 2 aromatic rings. The first-order chi connectivity index (χ1) is 10.1. The number of amides is 1. The van der Waals surface area contributed by atoms with Gasteiger partial charge >= 0.3 is 5.97 Å². The van der Waals surface area contributed by atoms with Crippen LogP contribution in [0.1, 0.15) is 15.9 Å². The van der Waals surface area contributed by atoms with Crippen molar-refractivity contribution in [3.05, 3.63) is 64.4 Å². The Hall–Kier alpha value is -2.47. The molecule has 106 valence electrons. The quantitative estimate of drug-likeness (QED) is 0.833. The second-order valence-electron chi connectivity index (χ2n) is 4.11. The van der Waals surface area contributed by atoms with Crippen molar-refractivity contribution < 1.29 is 14.7 Å². The summed E-state index contributed by atoms with van der Waals surface area (Å²) in [6.45, 7) is 0. The van der Waals surface area contributed by atoms with Gasteiger partial charge in [0.1, 0.15) is 0 Å². The first kappa shape index (κ1) is 14.9. The summed E-state index contributed by atoms with van der Waals surface area (Å²) in [6, 6.07) is 8.00. The fourth-order valence-electron chi connectivity index (χ4n) is 1.57. The van der Waals surface area contributed by atoms with E-state index in [1.54, 1.807) is 30.6 Å². The summed E-state index contributed by atoms with van der Waals surface area (Å²) in [5.41, 5.74) is 1.30. The van der Waals surface area contributed by atoms with Crippen LogP contribution in [-0.2, 0) is 4.79 Å². The Morgan fingerprint density at radius 2 is 2.10 bits per heavy atom. The van der Waals surface area contributed by atoms with E-state index in [0.717, 1.165) is 5.56 Å². The molecule has 0 saturated carbocycles. The van der Waals surface area contributed by atoms with Gasteiger partial charge in [0, 0.05) is 22.9 Å². The molecular formula is C15H11BrN2O3. The highest BCUT2D eigenvalue weighted by Crippen LogP contribution is 2.23. The SMILES string of the molecule is O=C(/C=C/c1cccnc1)Nc1cc(C(=O)O)ccc1Br. The number of anilines is 1. The fraction of sp³-hybridized carbons (Fsp3) is 0. The summed E-state index contributed by atoms with van der Waals surface area (Å²) >= 11 is 3.26. The largest absolute Gasteiger partial charge is 0.478 e. The van der Waals surface area contributed by atoms with Crippen LogP contribution in [-0.4, -0.2) is 22.0 Å². The smallest absolute Gasteiger partial charge is 0.335 e. The summed E-state index contributed by atoms with van der Waals surface area (Å²) in [5, 5.41) is 11.6. The Balaban J connectivity index is 2.11. The molecule has 0 unspecified atom stereocenters. The van der Waals surface area contributed by atoms with Gasteiger partial charge in [-0.3, -0.25) is 9.78 Å². The van der Waals surface area contributed by atoms with E-state index in [0.29, 0.717) is 10.2 Å². The molecule has 5 nitrogen and oxygen atoms in total. The van der Waals surface area contributed by atoms with Gasteiger partial charge in [0.15, 0.2) is 0 Å². The lowest BCUT2D eigenvalue weighted by molar-refractivity contribution is -0.111. The number of hydrogen-bond donors (Lipinski definition) is 2. The number of benzene rings is 1. The molecule has 0 atom stereocenters. The van der Waals surface area contributed by atoms with Crippen LogP contribution in [0.5, 0.6) is 0 Å². The lowest BCUT2D eigenvalue weighted by Gasteiger charge is -2.06. The van der Waals surface area contributed by atoms with E-state index < -0.39 is 5.97 Å². The maximum atomic E-state index is 11.8. The number of carbonyl (C=O) groups excluding carboxylic acids is 1. The summed E-state index contributed by atoms with van der Waals surface area (Å²) in [5.74, 6) is -1.41. The molecule has 0 aliphatic heterocycles. The first-order valence-corrected chi connectivity index (χ1v) is 6.77. The van der Waals surface area contributed by atoms with Crippen LogP contribution in [0.3, 0.4) is 0 Å². The van der Waals surface area contributed by atoms with E-state index in [9.17, 15) is 9.59 Å². The highest BCUT2D eigenvalue weighted by atomic mass is 79.9. The third kappa shape index (κ3) is 4.25. The topological polar surface area (TPSA) is 79.3 Å². The maximum absolute atomic E-state index is 11.8. The van der Waals surface area contributed by atoms with E-state index in [4.69, 9.17) is 5.11 Å². The molecule has 0 aliphatic carbocycles. The van der Waals surface area contributed by atoms with Crippen LogP contribution in [0.25, 0.3) is 6.08 Å². The molecule has 1 heterocycles. The number of rotatable bonds is 4. The molecule has 0 fully saturated rings. The Bertz CT molecular complexity index is 699. The first-order valence-electron chi connectivity index (χ1n) is 5.98. The number of carbonyl (C=O) groups is 2. The number of nitrogens with zero attached hydrogens (tertiary/aromatic N) is 1. The number of halogens is 1. The number of hydrogen-bond acceptors (Lipinski definition) is 3. The molecule has 0 bridgehead atoms. The van der Waals surface area contributed by atoms with Crippen LogP contribution in [0, 0.1) is 0 Å². The van der Waals surface area contributed by atoms with Gasteiger partial charge in [-0.2, -0.15) is 0 Å². The number of carboxylic acid groups (broad SMARTS) is 1. The van der Waals surface area contributed by atoms with E-state index in [-0.39, 0.29) is 11.5 Å². The van der Waals surface area contributed by atoms with Gasteiger partial charge in [-0.05, 0) is 51.8 Å². The van der Waals surface area contributed by atoms with E-state index in [1.165, 1.54) is 18.2 Å². The van der Waals surface area contributed by atoms with Gasteiger partial charge in [-0.25, -0.2) is 4.79 Å². The number of nitrogens with one attached hydrogen (secondary N) is 1. The molecule has 0 aliphatic rings. The van der Waals surface area contributed by atoms with Gasteiger partial charge in [0.2, 0.25) is 5.91 Å². The molecule has 1 amide bonds. The lowest BCUT2D eigenvalue weighted by Crippen LogP contribution is -2.09. The summed E-state index contributed by atoms with van der Waals surface area (Å²) < 4.78 is 0.607. The number of pyridine rings is 1. The van der Waals surface area contributed by atoms with E-state index in [1.807, 2.05) is 6.07 Å². The van der Waals surface area contributed by atoms with Crippen molar-refractivity contribution in [1.29, 1.82) is 0 Å². The fourth-order valence-corrected chi connectivity index (χ4v) is 1.92. The van der Waals surface area contributed by atoms with Crippen LogP contribution in [0.15, 0.2) is 53.3 Å². The Morgan fingerprint density at radius 1 is 1.29 bits per heavy atom. The summed E-state index contributed by atoms with van der Waals surface area (Å²) in [4.78, 5) is 26.7. The van der Waals surface area contributed by atoms with Crippen LogP contribution in [0.2, 0.25) is 0 Å². The van der Waals surface area contributed by atoms with Gasteiger partial charge in [-0.15, -0.1) is 0 Å². The Labute approximate surface area is 129 Å². The molecule has 1 aromatic carbocycles. The second-order valence-corrected chi connectivity index (χ2v) is 4.96. The molecule has 2 rings (SSSR count). The van der Waals surface area contributed by atoms with Gasteiger partial charge in [0.25, 0.3) is 0 Å². The molecule has 0 spiro atoms. The Kier molecular flexibility index (Phi) is 4.84. The van der Waals surface area contributed by atoms with Crippen LogP contribution in [0.4, 0.5) is 5.69 Å². The average molecular weight is 347 g/mol. The molecule has 1 aromatic heterocycles. The van der Waals surface area contributed by atoms with Crippen molar-refractivity contribution in [1.82, 2.24) is 4.98 Å². The third-order valence-electron chi connectivity index (χ3n) is 2.58. The highest BCUT2D eigenvalue weighted by Gasteiger charge is 2.08. The van der Waals surface area contributed by atoms with Crippen molar-refractivity contribution in [3.8, 4) is 0 Å². The minimum Gasteiger partial charge on any atom is -0.478 e. The van der Waals surface area contributed by atoms with Crippen molar-refractivity contribution in [2.75, 3.05) is 5.32 Å². The van der Waals surface area contributed by atoms with Crippen molar-refractivity contribution in [2.45, 2.75) is 0 Å². The highest BCUT2D eigenvalue weighted by molar-refractivity contribution is 9.10. The lowest BCUT2D eigenvalue weighted by atomic mass is 10.2. The van der Waals surface area contributed by atoms with Crippen molar-refractivity contribution in [2.24, 2.45) is 0 Å². The number of aromatic nitrogens is 1. The van der Waals surface area contributed by atoms with Crippen molar-refractivity contribution >= 4 is 39.6 Å². The zero-order valence-electron chi connectivity index (χ0n) is 10.8. The normalized spacial score (nSPS) is 10.5. The number of carboxylic acids is 1. The van der Waals surface area contributed by atoms with Crippen molar-refractivity contribution in [3.63, 3.8) is 0 Å². The Morgan fingerprint density at radius 3 is 2.76 bits per heavy atom. The standard InChI is InChI=1S/C15H11BrN2O3/c16-12-5-4-11(15(20)21)8-13(12)18-14(19)6-3-10-2-1-7-17-9-10/h1-9H,(H,18,19)(H,20,21)/b6-3+. The zero-order valence-corrected chi connectivity index (χ0v) is 12.4. The molecule has 0 radical (unpaired) electrons. The second kappa shape index (κ2) is 6.81. The maximum Gasteiger partial charge on any atom is 0.335 e. The van der Waals surface area contributed by atoms with Crippen LogP contribution < -0.4 is 5.32 Å². The summed E-state index contributed by atoms with van der Waals surface area (Å²) in [7, 11) is 0. The zero-order chi connectivity index (χ0) is 15.2. The van der Waals surface area contributed by atoms with Gasteiger partial charge < -0.3 is 10.4 Å². The van der Waals surface area contributed by atoms with Gasteiger partial charge in [-0.1, -0.05) is 6.07 Å². The predicted molar refractivity (Wildman–Crippen MR) is 83.0 cm³/mol. The minimum absolute atomic E-state index is 0.102. The molecule has 2 N–H and O–H groups in total. The van der Waals surface area contributed by atoms with E-state index >= 15 is 0 Å². The molecule has 6 heteroatoms. The summed E-state index contributed by atoms with van der Waals surface area (Å²) in [6.07, 6.45) is 6.25. The number of aromatic carboxylic acids is 1. The van der Waals surface area contributed by atoms with E-state index in [2.05, 4.69) is 26.2 Å². The minimum atomic E-state index is -1.05. The molecule has 0 saturated heterocycles. The van der Waals surface area contributed by atoms with Crippen LogP contribution >= 0.6 is 15.9 Å². The monoisotopic (exact) mass is 346 g/mol.